The van der Waals surface area contributed by atoms with Crippen LogP contribution in [0, 0.1) is 17.1 Å². The Bertz CT molecular complexity index is 455. The molecular weight excluding hydrogens is 235 g/mol. The number of nitrogens with one attached hydrogen (secondary N) is 1. The van der Waals surface area contributed by atoms with Gasteiger partial charge in [0, 0.05) is 19.6 Å². The predicted molar refractivity (Wildman–Crippen MR) is 65.5 cm³/mol. The van der Waals surface area contributed by atoms with E-state index in [-0.39, 0.29) is 11.5 Å². The maximum Gasteiger partial charge on any atom is 0.224 e. The molecular formula is C13H15FN2O2. The zero-order chi connectivity index (χ0) is 13.4. The van der Waals surface area contributed by atoms with Gasteiger partial charge in [0.15, 0.2) is 0 Å². The van der Waals surface area contributed by atoms with Crippen LogP contribution in [0.2, 0.25) is 0 Å². The Labute approximate surface area is 105 Å². The Kier molecular flexibility index (Phi) is 5.81. The van der Waals surface area contributed by atoms with Crippen LogP contribution in [0.5, 0.6) is 0 Å². The van der Waals surface area contributed by atoms with Crippen molar-refractivity contribution in [3.8, 4) is 6.07 Å². The Morgan fingerprint density at radius 1 is 1.56 bits per heavy atom. The van der Waals surface area contributed by atoms with E-state index in [1.807, 2.05) is 13.0 Å². The van der Waals surface area contributed by atoms with Gasteiger partial charge in [0.1, 0.15) is 11.9 Å². The molecule has 1 aromatic rings. The molecule has 0 atom stereocenters. The maximum atomic E-state index is 12.9. The minimum atomic E-state index is -0.499. The van der Waals surface area contributed by atoms with E-state index in [1.165, 1.54) is 12.1 Å². The van der Waals surface area contributed by atoms with Crippen molar-refractivity contribution in [3.05, 3.63) is 29.6 Å². The van der Waals surface area contributed by atoms with Gasteiger partial charge in [-0.2, -0.15) is 5.26 Å². The van der Waals surface area contributed by atoms with Gasteiger partial charge in [0.2, 0.25) is 5.91 Å². The molecule has 0 saturated heterocycles. The number of carbonyl (C=O) groups is 1. The van der Waals surface area contributed by atoms with Crippen molar-refractivity contribution in [2.75, 3.05) is 18.5 Å². The standard InChI is InChI=1S/C13H15FN2O2/c1-2-18-7-3-4-13(17)16-12-6-5-11(14)8-10(12)9-15/h5-6,8H,2-4,7H2,1H3,(H,16,17). The van der Waals surface area contributed by atoms with E-state index >= 15 is 0 Å². The van der Waals surface area contributed by atoms with Crippen LogP contribution >= 0.6 is 0 Å². The Morgan fingerprint density at radius 3 is 3.00 bits per heavy atom. The Balaban J connectivity index is 2.52. The van der Waals surface area contributed by atoms with Crippen molar-refractivity contribution in [1.29, 1.82) is 5.26 Å². The number of rotatable bonds is 6. The number of anilines is 1. The van der Waals surface area contributed by atoms with E-state index < -0.39 is 5.82 Å². The van der Waals surface area contributed by atoms with Crippen LogP contribution in [-0.2, 0) is 9.53 Å². The molecule has 18 heavy (non-hydrogen) atoms. The molecule has 96 valence electrons. The molecule has 1 amide bonds. The van der Waals surface area contributed by atoms with Gasteiger partial charge in [-0.15, -0.1) is 0 Å². The van der Waals surface area contributed by atoms with Crippen LogP contribution < -0.4 is 5.32 Å². The molecule has 5 heteroatoms. The van der Waals surface area contributed by atoms with E-state index in [0.29, 0.717) is 31.7 Å². The first-order chi connectivity index (χ1) is 8.67. The fourth-order valence-electron chi connectivity index (χ4n) is 1.41. The van der Waals surface area contributed by atoms with Gasteiger partial charge in [-0.25, -0.2) is 4.39 Å². The lowest BCUT2D eigenvalue weighted by molar-refractivity contribution is -0.116. The molecule has 0 aliphatic carbocycles. The highest BCUT2D eigenvalue weighted by molar-refractivity contribution is 5.92. The zero-order valence-corrected chi connectivity index (χ0v) is 10.2. The fraction of sp³-hybridized carbons (Fsp3) is 0.385. The number of carbonyl (C=O) groups excluding carboxylic acids is 1. The molecule has 0 aliphatic heterocycles. The van der Waals surface area contributed by atoms with Gasteiger partial charge < -0.3 is 10.1 Å². The molecule has 0 aliphatic rings. The van der Waals surface area contributed by atoms with Gasteiger partial charge >= 0.3 is 0 Å². The van der Waals surface area contributed by atoms with Crippen molar-refractivity contribution in [2.24, 2.45) is 0 Å². The topological polar surface area (TPSA) is 62.1 Å². The van der Waals surface area contributed by atoms with E-state index in [9.17, 15) is 9.18 Å². The average Bonchev–Trinajstić information content (AvgIpc) is 2.37. The summed E-state index contributed by atoms with van der Waals surface area (Å²) in [5.41, 5.74) is 0.452. The van der Waals surface area contributed by atoms with Gasteiger partial charge in [-0.3, -0.25) is 4.79 Å². The molecule has 0 bridgehead atoms. The summed E-state index contributed by atoms with van der Waals surface area (Å²) >= 11 is 0. The summed E-state index contributed by atoms with van der Waals surface area (Å²) < 4.78 is 18.0. The van der Waals surface area contributed by atoms with E-state index in [2.05, 4.69) is 5.32 Å². The number of benzene rings is 1. The number of hydrogen-bond donors (Lipinski definition) is 1. The first kappa shape index (κ1) is 14.1. The molecule has 1 N–H and O–H groups in total. The summed E-state index contributed by atoms with van der Waals surface area (Å²) in [6.45, 7) is 3.04. The molecule has 0 fully saturated rings. The summed E-state index contributed by atoms with van der Waals surface area (Å²) in [6, 6.07) is 5.52. The lowest BCUT2D eigenvalue weighted by atomic mass is 10.2. The van der Waals surface area contributed by atoms with Crippen molar-refractivity contribution in [2.45, 2.75) is 19.8 Å². The zero-order valence-electron chi connectivity index (χ0n) is 10.2. The minimum Gasteiger partial charge on any atom is -0.382 e. The van der Waals surface area contributed by atoms with Crippen LogP contribution in [-0.4, -0.2) is 19.1 Å². The second-order valence-corrected chi connectivity index (χ2v) is 3.65. The van der Waals surface area contributed by atoms with Gasteiger partial charge in [-0.1, -0.05) is 0 Å². The van der Waals surface area contributed by atoms with Gasteiger partial charge in [0.05, 0.1) is 11.3 Å². The second kappa shape index (κ2) is 7.41. The van der Waals surface area contributed by atoms with Crippen molar-refractivity contribution >= 4 is 11.6 Å². The monoisotopic (exact) mass is 250 g/mol. The second-order valence-electron chi connectivity index (χ2n) is 3.65. The summed E-state index contributed by atoms with van der Waals surface area (Å²) in [5.74, 6) is -0.710. The highest BCUT2D eigenvalue weighted by Crippen LogP contribution is 2.16. The van der Waals surface area contributed by atoms with Crippen molar-refractivity contribution in [3.63, 3.8) is 0 Å². The van der Waals surface area contributed by atoms with Crippen molar-refractivity contribution in [1.82, 2.24) is 0 Å². The average molecular weight is 250 g/mol. The van der Waals surface area contributed by atoms with Gasteiger partial charge in [0.25, 0.3) is 0 Å². The quantitative estimate of drug-likeness (QED) is 0.789. The van der Waals surface area contributed by atoms with Crippen LogP contribution in [0.25, 0.3) is 0 Å². The van der Waals surface area contributed by atoms with E-state index in [1.54, 1.807) is 0 Å². The number of amides is 1. The Morgan fingerprint density at radius 2 is 2.33 bits per heavy atom. The van der Waals surface area contributed by atoms with E-state index in [0.717, 1.165) is 6.07 Å². The smallest absolute Gasteiger partial charge is 0.224 e. The fourth-order valence-corrected chi connectivity index (χ4v) is 1.41. The maximum absolute atomic E-state index is 12.9. The molecule has 0 radical (unpaired) electrons. The molecule has 0 unspecified atom stereocenters. The van der Waals surface area contributed by atoms with E-state index in [4.69, 9.17) is 10.00 Å². The number of halogens is 1. The van der Waals surface area contributed by atoms with Gasteiger partial charge in [-0.05, 0) is 31.5 Å². The normalized spacial score (nSPS) is 9.83. The largest absolute Gasteiger partial charge is 0.382 e. The minimum absolute atomic E-state index is 0.119. The summed E-state index contributed by atoms with van der Waals surface area (Å²) in [4.78, 5) is 11.6. The number of ether oxygens (including phenoxy) is 1. The summed E-state index contributed by atoms with van der Waals surface area (Å²) in [6.07, 6.45) is 0.922. The molecule has 0 heterocycles. The summed E-state index contributed by atoms with van der Waals surface area (Å²) in [5, 5.41) is 11.4. The number of hydrogen-bond acceptors (Lipinski definition) is 3. The third-order valence-electron chi connectivity index (χ3n) is 2.27. The first-order valence-electron chi connectivity index (χ1n) is 5.74. The lowest BCUT2D eigenvalue weighted by Crippen LogP contribution is -2.13. The van der Waals surface area contributed by atoms with Crippen LogP contribution in [0.15, 0.2) is 18.2 Å². The third kappa shape index (κ3) is 4.52. The molecule has 0 saturated carbocycles. The number of nitriles is 1. The molecule has 0 spiro atoms. The third-order valence-corrected chi connectivity index (χ3v) is 2.27. The first-order valence-corrected chi connectivity index (χ1v) is 5.74. The van der Waals surface area contributed by atoms with Crippen molar-refractivity contribution < 1.29 is 13.9 Å². The predicted octanol–water partition coefficient (Wildman–Crippen LogP) is 2.45. The molecule has 1 rings (SSSR count). The highest BCUT2D eigenvalue weighted by Gasteiger charge is 2.07. The summed E-state index contributed by atoms with van der Waals surface area (Å²) in [7, 11) is 0. The molecule has 4 nitrogen and oxygen atoms in total. The SMILES string of the molecule is CCOCCCC(=O)Nc1ccc(F)cc1C#N. The highest BCUT2D eigenvalue weighted by atomic mass is 19.1. The molecule has 0 aromatic heterocycles. The van der Waals surface area contributed by atoms with Crippen LogP contribution in [0.4, 0.5) is 10.1 Å². The number of nitrogens with zero attached hydrogens (tertiary/aromatic N) is 1. The Hall–Kier alpha value is -1.93. The van der Waals surface area contributed by atoms with Crippen LogP contribution in [0.1, 0.15) is 25.3 Å². The lowest BCUT2D eigenvalue weighted by Gasteiger charge is -2.07. The van der Waals surface area contributed by atoms with Crippen LogP contribution in [0.3, 0.4) is 0 Å². The molecule has 1 aromatic carbocycles.